The number of carbonyl (C=O) groups excluding carboxylic acids is 2. The van der Waals surface area contributed by atoms with Crippen molar-refractivity contribution in [3.63, 3.8) is 0 Å². The van der Waals surface area contributed by atoms with Crippen molar-refractivity contribution in [2.24, 2.45) is 11.7 Å². The lowest BCUT2D eigenvalue weighted by Crippen LogP contribution is -2.39. The Kier molecular flexibility index (Phi) is 8.58. The Balaban J connectivity index is 0.00000280. The Morgan fingerprint density at radius 3 is 2.39 bits per heavy atom. The molecule has 1 aliphatic carbocycles. The number of hydrogen-bond acceptors (Lipinski definition) is 4. The summed E-state index contributed by atoms with van der Waals surface area (Å²) in [6.45, 7) is 2.74. The fourth-order valence-corrected chi connectivity index (χ4v) is 4.09. The van der Waals surface area contributed by atoms with Gasteiger partial charge in [-0.3, -0.25) is 9.59 Å². The minimum absolute atomic E-state index is 0. The number of ether oxygens (including phenoxy) is 1. The van der Waals surface area contributed by atoms with Gasteiger partial charge in [-0.2, -0.15) is 0 Å². The molecule has 0 spiro atoms. The van der Waals surface area contributed by atoms with Crippen LogP contribution in [0.3, 0.4) is 0 Å². The van der Waals surface area contributed by atoms with Crippen LogP contribution in [0.15, 0.2) is 24.3 Å². The highest BCUT2D eigenvalue weighted by molar-refractivity contribution is 5.85. The summed E-state index contributed by atoms with van der Waals surface area (Å²) >= 11 is 0. The zero-order valence-electron chi connectivity index (χ0n) is 16.6. The van der Waals surface area contributed by atoms with Gasteiger partial charge in [-0.1, -0.05) is 12.1 Å². The van der Waals surface area contributed by atoms with Crippen LogP contribution in [0.25, 0.3) is 0 Å². The summed E-state index contributed by atoms with van der Waals surface area (Å²) in [5.41, 5.74) is 7.08. The third-order valence-corrected chi connectivity index (χ3v) is 5.77. The molecule has 1 aromatic carbocycles. The van der Waals surface area contributed by atoms with Crippen LogP contribution in [0.1, 0.15) is 37.7 Å². The number of nitrogens with two attached hydrogens (primary N) is 1. The monoisotopic (exact) mass is 409 g/mol. The lowest BCUT2D eigenvalue weighted by molar-refractivity contribution is -0.136. The van der Waals surface area contributed by atoms with Crippen LogP contribution < -0.4 is 10.5 Å². The molecule has 1 aliphatic heterocycles. The highest BCUT2D eigenvalue weighted by Crippen LogP contribution is 2.26. The molecule has 0 radical (unpaired) electrons. The molecule has 1 saturated carbocycles. The van der Waals surface area contributed by atoms with Gasteiger partial charge in [-0.05, 0) is 49.8 Å². The van der Waals surface area contributed by atoms with Crippen molar-refractivity contribution in [3.05, 3.63) is 29.8 Å². The number of halogens is 1. The van der Waals surface area contributed by atoms with Crippen LogP contribution in [0.5, 0.6) is 5.75 Å². The number of amides is 2. The van der Waals surface area contributed by atoms with Crippen molar-refractivity contribution in [1.29, 1.82) is 0 Å². The van der Waals surface area contributed by atoms with E-state index in [0.717, 1.165) is 56.5 Å². The van der Waals surface area contributed by atoms with E-state index >= 15 is 0 Å². The van der Waals surface area contributed by atoms with Gasteiger partial charge in [0.25, 0.3) is 0 Å². The van der Waals surface area contributed by atoms with E-state index in [1.807, 2.05) is 34.1 Å². The summed E-state index contributed by atoms with van der Waals surface area (Å²) in [5, 5.41) is 0. The van der Waals surface area contributed by atoms with E-state index in [1.54, 1.807) is 7.11 Å². The third kappa shape index (κ3) is 5.85. The van der Waals surface area contributed by atoms with E-state index in [-0.39, 0.29) is 36.2 Å². The standard InChI is InChI=1S/C21H31N3O3.ClH/c1-27-19-8-3-16(4-9-19)5-10-20(25)23-11-2-12-24(14-13-23)21(26)17-6-7-18(22)15-17;/h3-4,8-9,17-18H,2,5-7,10-15,22H2,1H3;1H. The zero-order chi connectivity index (χ0) is 19.2. The minimum Gasteiger partial charge on any atom is -0.497 e. The van der Waals surface area contributed by atoms with E-state index in [4.69, 9.17) is 10.5 Å². The molecule has 156 valence electrons. The van der Waals surface area contributed by atoms with Gasteiger partial charge >= 0.3 is 0 Å². The molecule has 28 heavy (non-hydrogen) atoms. The average molecular weight is 410 g/mol. The second kappa shape index (κ2) is 10.7. The SMILES string of the molecule is COc1ccc(CCC(=O)N2CCCN(C(=O)C3CCC(N)C3)CC2)cc1.Cl. The van der Waals surface area contributed by atoms with Crippen LogP contribution in [0.4, 0.5) is 0 Å². The van der Waals surface area contributed by atoms with E-state index < -0.39 is 0 Å². The molecule has 3 rings (SSSR count). The van der Waals surface area contributed by atoms with E-state index in [1.165, 1.54) is 0 Å². The highest BCUT2D eigenvalue weighted by atomic mass is 35.5. The van der Waals surface area contributed by atoms with Crippen LogP contribution in [0.2, 0.25) is 0 Å². The van der Waals surface area contributed by atoms with Crippen LogP contribution in [0, 0.1) is 5.92 Å². The van der Waals surface area contributed by atoms with Gasteiger partial charge in [0.1, 0.15) is 5.75 Å². The summed E-state index contributed by atoms with van der Waals surface area (Å²) in [7, 11) is 1.65. The number of rotatable bonds is 5. The van der Waals surface area contributed by atoms with Crippen LogP contribution in [-0.2, 0) is 16.0 Å². The first-order valence-electron chi connectivity index (χ1n) is 10.0. The fourth-order valence-electron chi connectivity index (χ4n) is 4.09. The van der Waals surface area contributed by atoms with E-state index in [9.17, 15) is 9.59 Å². The molecule has 2 atom stereocenters. The van der Waals surface area contributed by atoms with Gasteiger partial charge in [-0.25, -0.2) is 0 Å². The van der Waals surface area contributed by atoms with E-state index in [0.29, 0.717) is 19.5 Å². The van der Waals surface area contributed by atoms with Crippen LogP contribution >= 0.6 is 12.4 Å². The molecule has 0 bridgehead atoms. The minimum atomic E-state index is 0. The molecule has 2 fully saturated rings. The van der Waals surface area contributed by atoms with Crippen molar-refractivity contribution < 1.29 is 14.3 Å². The fraction of sp³-hybridized carbons (Fsp3) is 0.619. The molecule has 6 nitrogen and oxygen atoms in total. The number of carbonyl (C=O) groups is 2. The lowest BCUT2D eigenvalue weighted by Gasteiger charge is -2.24. The molecule has 2 unspecified atom stereocenters. The summed E-state index contributed by atoms with van der Waals surface area (Å²) in [4.78, 5) is 29.2. The average Bonchev–Trinajstić information content (AvgIpc) is 2.98. The van der Waals surface area contributed by atoms with Gasteiger partial charge in [0, 0.05) is 44.6 Å². The Bertz CT molecular complexity index is 653. The molecule has 2 aliphatic rings. The summed E-state index contributed by atoms with van der Waals surface area (Å²) in [5.74, 6) is 1.31. The maximum absolute atomic E-state index is 12.7. The molecule has 7 heteroatoms. The zero-order valence-corrected chi connectivity index (χ0v) is 17.5. The molecule has 1 heterocycles. The number of nitrogens with zero attached hydrogens (tertiary/aromatic N) is 2. The second-order valence-electron chi connectivity index (χ2n) is 7.68. The normalized spacial score (nSPS) is 22.4. The van der Waals surface area contributed by atoms with Gasteiger partial charge in [0.15, 0.2) is 0 Å². The number of benzene rings is 1. The van der Waals surface area contributed by atoms with Crippen molar-refractivity contribution in [2.75, 3.05) is 33.3 Å². The molecular formula is C21H32ClN3O3. The third-order valence-electron chi connectivity index (χ3n) is 5.77. The maximum atomic E-state index is 12.7. The van der Waals surface area contributed by atoms with Gasteiger partial charge in [-0.15, -0.1) is 12.4 Å². The van der Waals surface area contributed by atoms with Crippen molar-refractivity contribution >= 4 is 24.2 Å². The summed E-state index contributed by atoms with van der Waals surface area (Å²) < 4.78 is 5.16. The first-order valence-corrected chi connectivity index (χ1v) is 10.0. The Morgan fingerprint density at radius 1 is 1.07 bits per heavy atom. The van der Waals surface area contributed by atoms with E-state index in [2.05, 4.69) is 0 Å². The van der Waals surface area contributed by atoms with Crippen molar-refractivity contribution in [1.82, 2.24) is 9.80 Å². The number of methoxy groups -OCH3 is 1. The van der Waals surface area contributed by atoms with Crippen molar-refractivity contribution in [2.45, 2.75) is 44.6 Å². The molecule has 1 aromatic rings. The Hall–Kier alpha value is -1.79. The van der Waals surface area contributed by atoms with Gasteiger partial charge < -0.3 is 20.3 Å². The first-order chi connectivity index (χ1) is 13.1. The molecule has 0 aromatic heterocycles. The quantitative estimate of drug-likeness (QED) is 0.809. The predicted octanol–water partition coefficient (Wildman–Crippen LogP) is 2.24. The Morgan fingerprint density at radius 2 is 1.75 bits per heavy atom. The maximum Gasteiger partial charge on any atom is 0.225 e. The molecule has 2 amide bonds. The smallest absolute Gasteiger partial charge is 0.225 e. The van der Waals surface area contributed by atoms with Crippen molar-refractivity contribution in [3.8, 4) is 5.75 Å². The Labute approximate surface area is 173 Å². The number of hydrogen-bond donors (Lipinski definition) is 1. The predicted molar refractivity (Wildman–Crippen MR) is 112 cm³/mol. The molecular weight excluding hydrogens is 378 g/mol. The summed E-state index contributed by atoms with van der Waals surface area (Å²) in [6, 6.07) is 8.01. The molecule has 2 N–H and O–H groups in total. The highest BCUT2D eigenvalue weighted by Gasteiger charge is 2.32. The van der Waals surface area contributed by atoms with Gasteiger partial charge in [0.2, 0.25) is 11.8 Å². The lowest BCUT2D eigenvalue weighted by atomic mass is 10.1. The topological polar surface area (TPSA) is 75.9 Å². The summed E-state index contributed by atoms with van der Waals surface area (Å²) in [6.07, 6.45) is 4.72. The largest absolute Gasteiger partial charge is 0.497 e. The van der Waals surface area contributed by atoms with Crippen LogP contribution in [-0.4, -0.2) is 60.9 Å². The first kappa shape index (κ1) is 22.5. The van der Waals surface area contributed by atoms with Gasteiger partial charge in [0.05, 0.1) is 7.11 Å². The second-order valence-corrected chi connectivity index (χ2v) is 7.68. The molecule has 1 saturated heterocycles. The number of aryl methyl sites for hydroxylation is 1.